The van der Waals surface area contributed by atoms with Gasteiger partial charge in [-0.2, -0.15) is 0 Å². The molecule has 1 aromatic carbocycles. The van der Waals surface area contributed by atoms with Crippen LogP contribution in [0.25, 0.3) is 0 Å². The third-order valence-corrected chi connectivity index (χ3v) is 8.64. The van der Waals surface area contributed by atoms with Crippen molar-refractivity contribution in [1.82, 2.24) is 30.8 Å². The number of ketones is 1. The van der Waals surface area contributed by atoms with Gasteiger partial charge >= 0.3 is 6.03 Å². The normalized spacial score (nSPS) is 19.6. The number of ether oxygens (including phenoxy) is 1. The maximum absolute atomic E-state index is 13.9. The van der Waals surface area contributed by atoms with Gasteiger partial charge in [0.05, 0.1) is 18.8 Å². The van der Waals surface area contributed by atoms with Crippen LogP contribution < -0.4 is 21.3 Å². The number of carbonyl (C=O) groups is 5. The summed E-state index contributed by atoms with van der Waals surface area (Å²) in [7, 11) is 0. The van der Waals surface area contributed by atoms with Gasteiger partial charge < -0.3 is 30.9 Å². The van der Waals surface area contributed by atoms with Crippen molar-refractivity contribution in [1.29, 1.82) is 0 Å². The Kier molecular flexibility index (Phi) is 12.6. The fourth-order valence-electron chi connectivity index (χ4n) is 5.81. The van der Waals surface area contributed by atoms with E-state index in [2.05, 4.69) is 31.2 Å². The number of amides is 5. The summed E-state index contributed by atoms with van der Waals surface area (Å²) in [5.41, 5.74) is -0.0636. The molecule has 0 radical (unpaired) electrons. The molecule has 4 rings (SSSR count). The molecule has 2 fully saturated rings. The van der Waals surface area contributed by atoms with E-state index in [0.717, 1.165) is 5.56 Å². The second kappa shape index (κ2) is 16.6. The topological polar surface area (TPSA) is 175 Å². The molecular formula is C35H49N7O6. The van der Waals surface area contributed by atoms with Crippen LogP contribution in [0.5, 0.6) is 0 Å². The van der Waals surface area contributed by atoms with E-state index in [9.17, 15) is 24.0 Å². The SMILES string of the molecule is CC(C)C[C@H](NC(=O)[C@H](Cc1ccccc1)NC(=O)N1CCC(C(=O)Nc2cnccn2)CC1)C(=O)N[C@@H](CC(C)C)C(=O)[C@@]1(C)CO1. The Morgan fingerprint density at radius 2 is 1.48 bits per heavy atom. The second-order valence-electron chi connectivity index (χ2n) is 13.8. The van der Waals surface area contributed by atoms with Gasteiger partial charge in [-0.1, -0.05) is 58.0 Å². The average Bonchev–Trinajstić information content (AvgIpc) is 3.82. The molecule has 13 nitrogen and oxygen atoms in total. The number of hydrogen-bond acceptors (Lipinski definition) is 8. The summed E-state index contributed by atoms with van der Waals surface area (Å²) < 4.78 is 5.37. The highest BCUT2D eigenvalue weighted by atomic mass is 16.6. The number of hydrogen-bond donors (Lipinski definition) is 4. The Labute approximate surface area is 282 Å². The van der Waals surface area contributed by atoms with Gasteiger partial charge in [0, 0.05) is 37.8 Å². The van der Waals surface area contributed by atoms with Gasteiger partial charge in [-0.15, -0.1) is 0 Å². The van der Waals surface area contributed by atoms with Crippen LogP contribution >= 0.6 is 0 Å². The van der Waals surface area contributed by atoms with E-state index in [4.69, 9.17) is 4.74 Å². The van der Waals surface area contributed by atoms with Crippen LogP contribution in [0.15, 0.2) is 48.9 Å². The smallest absolute Gasteiger partial charge is 0.318 e. The molecule has 2 saturated heterocycles. The number of nitrogens with zero attached hydrogens (tertiary/aromatic N) is 3. The highest BCUT2D eigenvalue weighted by Crippen LogP contribution is 2.30. The average molecular weight is 664 g/mol. The summed E-state index contributed by atoms with van der Waals surface area (Å²) in [4.78, 5) is 76.6. The summed E-state index contributed by atoms with van der Waals surface area (Å²) in [5.74, 6) is -1.04. The minimum atomic E-state index is -0.980. The molecule has 1 aromatic heterocycles. The Morgan fingerprint density at radius 1 is 0.875 bits per heavy atom. The van der Waals surface area contributed by atoms with E-state index in [1.165, 1.54) is 18.6 Å². The van der Waals surface area contributed by atoms with Crippen LogP contribution in [0.4, 0.5) is 10.6 Å². The molecule has 0 aliphatic carbocycles. The van der Waals surface area contributed by atoms with E-state index in [-0.39, 0.29) is 35.9 Å². The summed E-state index contributed by atoms with van der Waals surface area (Å²) >= 11 is 0. The van der Waals surface area contributed by atoms with E-state index in [0.29, 0.717) is 51.2 Å². The van der Waals surface area contributed by atoms with Gasteiger partial charge in [0.1, 0.15) is 17.7 Å². The van der Waals surface area contributed by atoms with Crippen LogP contribution in [0, 0.1) is 17.8 Å². The number of benzene rings is 1. The number of nitrogens with one attached hydrogen (secondary N) is 4. The van der Waals surface area contributed by atoms with E-state index < -0.39 is 41.6 Å². The van der Waals surface area contributed by atoms with Gasteiger partial charge in [-0.3, -0.25) is 24.2 Å². The lowest BCUT2D eigenvalue weighted by Gasteiger charge is -2.33. The van der Waals surface area contributed by atoms with Crippen LogP contribution in [-0.2, 0) is 30.3 Å². The molecule has 260 valence electrons. The summed E-state index contributed by atoms with van der Waals surface area (Å²) in [6.07, 6.45) is 6.38. The second-order valence-corrected chi connectivity index (χ2v) is 13.8. The molecular weight excluding hydrogens is 614 g/mol. The number of aromatic nitrogens is 2. The highest BCUT2D eigenvalue weighted by Gasteiger charge is 2.50. The van der Waals surface area contributed by atoms with Crippen molar-refractivity contribution >= 4 is 35.4 Å². The zero-order chi connectivity index (χ0) is 34.8. The van der Waals surface area contributed by atoms with Gasteiger partial charge in [0.15, 0.2) is 11.6 Å². The lowest BCUT2D eigenvalue weighted by molar-refractivity contribution is -0.133. The van der Waals surface area contributed by atoms with E-state index >= 15 is 0 Å². The van der Waals surface area contributed by atoms with Crippen molar-refractivity contribution < 1.29 is 28.7 Å². The predicted molar refractivity (Wildman–Crippen MR) is 180 cm³/mol. The minimum absolute atomic E-state index is 0.0548. The number of piperidine rings is 1. The molecule has 4 N–H and O–H groups in total. The lowest BCUT2D eigenvalue weighted by Crippen LogP contribution is -2.58. The van der Waals surface area contributed by atoms with E-state index in [1.54, 1.807) is 11.8 Å². The van der Waals surface area contributed by atoms with Gasteiger partial charge in [0.25, 0.3) is 0 Å². The molecule has 48 heavy (non-hydrogen) atoms. The Bertz CT molecular complexity index is 1410. The molecule has 0 spiro atoms. The number of anilines is 1. The molecule has 13 heteroatoms. The molecule has 0 saturated carbocycles. The first-order chi connectivity index (χ1) is 22.8. The van der Waals surface area contributed by atoms with Crippen LogP contribution in [0.1, 0.15) is 65.9 Å². The van der Waals surface area contributed by atoms with Gasteiger partial charge in [0.2, 0.25) is 17.7 Å². The first-order valence-corrected chi connectivity index (χ1v) is 16.8. The zero-order valence-electron chi connectivity index (χ0n) is 28.5. The van der Waals surface area contributed by atoms with Gasteiger partial charge in [-0.25, -0.2) is 9.78 Å². The maximum Gasteiger partial charge on any atom is 0.318 e. The number of rotatable bonds is 15. The lowest BCUT2D eigenvalue weighted by atomic mass is 9.92. The molecule has 5 amide bonds. The summed E-state index contributed by atoms with van der Waals surface area (Å²) in [6, 6.07) is 6.24. The molecule has 3 heterocycles. The third-order valence-electron chi connectivity index (χ3n) is 8.64. The fourth-order valence-corrected chi connectivity index (χ4v) is 5.81. The zero-order valence-corrected chi connectivity index (χ0v) is 28.5. The molecule has 4 atom stereocenters. The van der Waals surface area contributed by atoms with Gasteiger partial charge in [-0.05, 0) is 50.0 Å². The Morgan fingerprint density at radius 3 is 2.06 bits per heavy atom. The molecule has 0 bridgehead atoms. The van der Waals surface area contributed by atoms with Crippen molar-refractivity contribution in [3.63, 3.8) is 0 Å². The minimum Gasteiger partial charge on any atom is -0.361 e. The number of urea groups is 1. The molecule has 2 aliphatic heterocycles. The number of carbonyl (C=O) groups excluding carboxylic acids is 5. The van der Waals surface area contributed by atoms with Crippen molar-refractivity contribution in [2.45, 2.75) is 90.4 Å². The Balaban J connectivity index is 1.42. The number of Topliss-reactive ketones (excluding diaryl/α,β-unsaturated/α-hetero) is 1. The van der Waals surface area contributed by atoms with Crippen molar-refractivity contribution in [2.24, 2.45) is 17.8 Å². The van der Waals surface area contributed by atoms with Crippen LogP contribution in [-0.4, -0.2) is 87.8 Å². The van der Waals surface area contributed by atoms with Crippen molar-refractivity contribution in [3.05, 3.63) is 54.5 Å². The van der Waals surface area contributed by atoms with Crippen LogP contribution in [0.2, 0.25) is 0 Å². The number of epoxide rings is 1. The first kappa shape index (κ1) is 36.4. The highest BCUT2D eigenvalue weighted by molar-refractivity contribution is 5.98. The summed E-state index contributed by atoms with van der Waals surface area (Å²) in [5, 5.41) is 11.4. The quantitative estimate of drug-likeness (QED) is 0.211. The Hall–Kier alpha value is -4.39. The largest absolute Gasteiger partial charge is 0.361 e. The van der Waals surface area contributed by atoms with Crippen LogP contribution in [0.3, 0.4) is 0 Å². The first-order valence-electron chi connectivity index (χ1n) is 16.8. The molecule has 0 unspecified atom stereocenters. The van der Waals surface area contributed by atoms with E-state index in [1.807, 2.05) is 58.0 Å². The fraction of sp³-hybridized carbons (Fsp3) is 0.571. The van der Waals surface area contributed by atoms with Crippen molar-refractivity contribution in [3.8, 4) is 0 Å². The summed E-state index contributed by atoms with van der Waals surface area (Å²) in [6.45, 7) is 10.5. The monoisotopic (exact) mass is 663 g/mol. The maximum atomic E-state index is 13.9. The molecule has 2 aromatic rings. The predicted octanol–water partition coefficient (Wildman–Crippen LogP) is 2.87. The third kappa shape index (κ3) is 10.6. The number of likely N-dealkylation sites (tertiary alicyclic amines) is 1. The standard InChI is InChI=1S/C35H49N7O6/c1-22(2)17-26(30(43)35(5)21-48-35)38-32(45)27(18-23(3)4)39-33(46)28(19-24-9-7-6-8-10-24)40-34(47)42-15-11-25(12-16-42)31(44)41-29-20-36-13-14-37-29/h6-10,13-14,20,22-23,25-28H,11-12,15-19,21H2,1-5H3,(H,38,45)(H,39,46)(H,40,47)(H,37,41,44)/t26-,27-,28-,35+/m0/s1. The molecule has 2 aliphatic rings. The van der Waals surface area contributed by atoms with Crippen molar-refractivity contribution in [2.75, 3.05) is 25.0 Å².